The van der Waals surface area contributed by atoms with Gasteiger partial charge in [0.25, 0.3) is 0 Å². The van der Waals surface area contributed by atoms with Crippen molar-refractivity contribution in [3.05, 3.63) is 64.1 Å². The molecule has 0 heterocycles. The van der Waals surface area contributed by atoms with Gasteiger partial charge in [-0.05, 0) is 36.4 Å². The summed E-state index contributed by atoms with van der Waals surface area (Å²) in [5, 5.41) is 0. The Morgan fingerprint density at radius 3 is 1.59 bits per heavy atom. The molecular weight excluding hydrogens is 371 g/mol. The average Bonchev–Trinajstić information content (AvgIpc) is 2.46. The fraction of sp³-hybridized carbons (Fsp3) is 0.0667. The molecule has 0 atom stereocenters. The topological polar surface area (TPSA) is 9.23 Å². The molecule has 2 rings (SSSR count). The highest BCUT2D eigenvalue weighted by Crippen LogP contribution is 2.31. The second kappa shape index (κ2) is 6.48. The summed E-state index contributed by atoms with van der Waals surface area (Å²) < 4.78 is 68.4. The fourth-order valence-electron chi connectivity index (χ4n) is 1.65. The Morgan fingerprint density at radius 2 is 1.18 bits per heavy atom. The van der Waals surface area contributed by atoms with E-state index in [0.29, 0.717) is 4.47 Å². The number of rotatable bonds is 3. The number of hydrogen-bond acceptors (Lipinski definition) is 1. The van der Waals surface area contributed by atoms with E-state index in [1.165, 1.54) is 12.1 Å². The zero-order valence-electron chi connectivity index (χ0n) is 10.8. The molecule has 22 heavy (non-hydrogen) atoms. The Balaban J connectivity index is 2.26. The van der Waals surface area contributed by atoms with Crippen LogP contribution in [0.5, 0.6) is 5.75 Å². The molecule has 0 spiro atoms. The normalized spacial score (nSPS) is 12.8. The van der Waals surface area contributed by atoms with Gasteiger partial charge < -0.3 is 4.74 Å². The van der Waals surface area contributed by atoms with E-state index in [2.05, 4.69) is 20.7 Å². The molecule has 0 aromatic heterocycles. The van der Waals surface area contributed by atoms with Crippen molar-refractivity contribution in [2.24, 2.45) is 0 Å². The van der Waals surface area contributed by atoms with Gasteiger partial charge in [-0.2, -0.15) is 0 Å². The van der Waals surface area contributed by atoms with Gasteiger partial charge in [0.1, 0.15) is 5.75 Å². The predicted molar refractivity (Wildman–Crippen MR) is 76.3 cm³/mol. The van der Waals surface area contributed by atoms with Crippen LogP contribution in [0.2, 0.25) is 0 Å². The van der Waals surface area contributed by atoms with E-state index < -0.39 is 23.8 Å². The maximum Gasteiger partial charge on any atom is 0.573 e. The fourth-order valence-corrected chi connectivity index (χ4v) is 1.92. The van der Waals surface area contributed by atoms with E-state index in [9.17, 15) is 22.0 Å². The number of benzene rings is 2. The Hall–Kier alpha value is -1.89. The van der Waals surface area contributed by atoms with Crippen LogP contribution < -0.4 is 4.74 Å². The van der Waals surface area contributed by atoms with E-state index in [1.54, 1.807) is 12.1 Å². The summed E-state index contributed by atoms with van der Waals surface area (Å²) in [7, 11) is 0. The van der Waals surface area contributed by atoms with Crippen molar-refractivity contribution in [1.29, 1.82) is 0 Å². The van der Waals surface area contributed by atoms with Gasteiger partial charge in [0, 0.05) is 15.6 Å². The van der Waals surface area contributed by atoms with Gasteiger partial charge in [-0.3, -0.25) is 0 Å². The second-order valence-corrected chi connectivity index (χ2v) is 5.12. The van der Waals surface area contributed by atoms with Crippen LogP contribution in [0.25, 0.3) is 11.7 Å². The molecule has 0 bridgehead atoms. The predicted octanol–water partition coefficient (Wildman–Crippen LogP) is 6.11. The molecule has 0 radical (unpaired) electrons. The maximum absolute atomic E-state index is 14.0. The lowest BCUT2D eigenvalue weighted by Crippen LogP contribution is -2.16. The van der Waals surface area contributed by atoms with Crippen LogP contribution in [0.3, 0.4) is 0 Å². The SMILES string of the molecule is F/C(=C(\F)c1ccc(OC(F)(F)F)cc1)c1ccc(Br)cc1. The molecule has 116 valence electrons. The Labute approximate surface area is 131 Å². The first-order valence-electron chi connectivity index (χ1n) is 5.93. The number of ether oxygens (including phenoxy) is 1. The van der Waals surface area contributed by atoms with Gasteiger partial charge in [0.05, 0.1) is 0 Å². The van der Waals surface area contributed by atoms with E-state index in [-0.39, 0.29) is 11.1 Å². The van der Waals surface area contributed by atoms with Crippen LogP contribution in [0.4, 0.5) is 22.0 Å². The summed E-state index contributed by atoms with van der Waals surface area (Å²) >= 11 is 3.17. The van der Waals surface area contributed by atoms with Crippen LogP contribution in [-0.4, -0.2) is 6.36 Å². The summed E-state index contributed by atoms with van der Waals surface area (Å²) in [5.74, 6) is -2.77. The van der Waals surface area contributed by atoms with E-state index >= 15 is 0 Å². The number of hydrogen-bond donors (Lipinski definition) is 0. The minimum Gasteiger partial charge on any atom is -0.406 e. The molecule has 1 nitrogen and oxygen atoms in total. The Morgan fingerprint density at radius 1 is 0.773 bits per heavy atom. The van der Waals surface area contributed by atoms with E-state index in [4.69, 9.17) is 0 Å². The minimum atomic E-state index is -4.83. The van der Waals surface area contributed by atoms with Gasteiger partial charge in [0.15, 0.2) is 11.7 Å². The quantitative estimate of drug-likeness (QED) is 0.462. The van der Waals surface area contributed by atoms with Crippen molar-refractivity contribution < 1.29 is 26.7 Å². The third kappa shape index (κ3) is 4.30. The first-order valence-corrected chi connectivity index (χ1v) is 6.73. The lowest BCUT2D eigenvalue weighted by atomic mass is 10.1. The summed E-state index contributed by atoms with van der Waals surface area (Å²) in [5.41, 5.74) is -0.161. The molecule has 0 unspecified atom stereocenters. The number of alkyl halides is 3. The van der Waals surface area contributed by atoms with Crippen molar-refractivity contribution >= 4 is 27.6 Å². The van der Waals surface area contributed by atoms with E-state index in [1.807, 2.05) is 0 Å². The van der Waals surface area contributed by atoms with Crippen LogP contribution in [0, 0.1) is 0 Å². The molecular formula is C15H8BrF5O. The monoisotopic (exact) mass is 378 g/mol. The van der Waals surface area contributed by atoms with Crippen molar-refractivity contribution in [3.8, 4) is 5.75 Å². The Kier molecular flexibility index (Phi) is 4.85. The van der Waals surface area contributed by atoms with Gasteiger partial charge in [-0.1, -0.05) is 28.1 Å². The summed E-state index contributed by atoms with van der Waals surface area (Å²) in [6.07, 6.45) is -4.83. The van der Waals surface area contributed by atoms with Crippen molar-refractivity contribution in [2.45, 2.75) is 6.36 Å². The van der Waals surface area contributed by atoms with Crippen molar-refractivity contribution in [2.75, 3.05) is 0 Å². The lowest BCUT2D eigenvalue weighted by Gasteiger charge is -2.09. The highest BCUT2D eigenvalue weighted by molar-refractivity contribution is 9.10. The third-order valence-electron chi connectivity index (χ3n) is 2.63. The molecule has 0 N–H and O–H groups in total. The molecule has 0 aliphatic rings. The summed E-state index contributed by atoms with van der Waals surface area (Å²) in [4.78, 5) is 0. The highest BCUT2D eigenvalue weighted by atomic mass is 79.9. The van der Waals surface area contributed by atoms with Crippen LogP contribution >= 0.6 is 15.9 Å². The molecule has 2 aromatic rings. The maximum atomic E-state index is 14.0. The summed E-state index contributed by atoms with van der Waals surface area (Å²) in [6, 6.07) is 9.68. The molecule has 0 amide bonds. The van der Waals surface area contributed by atoms with Crippen molar-refractivity contribution in [3.63, 3.8) is 0 Å². The van der Waals surface area contributed by atoms with Gasteiger partial charge in [-0.15, -0.1) is 13.2 Å². The first kappa shape index (κ1) is 16.5. The number of halogens is 6. The van der Waals surface area contributed by atoms with Crippen LogP contribution in [0.15, 0.2) is 53.0 Å². The van der Waals surface area contributed by atoms with Gasteiger partial charge in [-0.25, -0.2) is 8.78 Å². The second-order valence-electron chi connectivity index (χ2n) is 4.21. The van der Waals surface area contributed by atoms with Crippen LogP contribution in [-0.2, 0) is 0 Å². The standard InChI is InChI=1S/C15H8BrF5O/c16-11-5-1-9(2-6-11)13(17)14(18)10-3-7-12(8-4-10)22-15(19,20)21/h1-8H/b14-13-. The van der Waals surface area contributed by atoms with Crippen LogP contribution in [0.1, 0.15) is 11.1 Å². The largest absolute Gasteiger partial charge is 0.573 e. The lowest BCUT2D eigenvalue weighted by molar-refractivity contribution is -0.274. The summed E-state index contributed by atoms with van der Waals surface area (Å²) in [6.45, 7) is 0. The average molecular weight is 379 g/mol. The first-order chi connectivity index (χ1) is 10.3. The molecule has 0 aliphatic carbocycles. The zero-order valence-corrected chi connectivity index (χ0v) is 12.4. The molecule has 0 aliphatic heterocycles. The van der Waals surface area contributed by atoms with Crippen molar-refractivity contribution in [1.82, 2.24) is 0 Å². The highest BCUT2D eigenvalue weighted by Gasteiger charge is 2.31. The molecule has 0 fully saturated rings. The van der Waals surface area contributed by atoms with E-state index in [0.717, 1.165) is 24.3 Å². The molecule has 0 saturated carbocycles. The Bertz CT molecular complexity index is 675. The minimum absolute atomic E-state index is 0.0244. The van der Waals surface area contributed by atoms with Gasteiger partial charge >= 0.3 is 6.36 Å². The third-order valence-corrected chi connectivity index (χ3v) is 3.16. The molecule has 2 aromatic carbocycles. The van der Waals surface area contributed by atoms with Gasteiger partial charge in [0.2, 0.25) is 0 Å². The molecule has 7 heteroatoms. The smallest absolute Gasteiger partial charge is 0.406 e. The molecule has 0 saturated heterocycles. The zero-order chi connectivity index (χ0) is 16.3.